The average Bonchev–Trinajstić information content (AvgIpc) is 2.15. The molecule has 0 aliphatic rings. The van der Waals surface area contributed by atoms with Crippen molar-refractivity contribution < 1.29 is 9.53 Å². The number of aryl methyl sites for hydroxylation is 1. The van der Waals surface area contributed by atoms with Crippen molar-refractivity contribution in [1.29, 1.82) is 0 Å². The molecule has 76 valence electrons. The summed E-state index contributed by atoms with van der Waals surface area (Å²) in [5.74, 6) is 0.789. The highest BCUT2D eigenvalue weighted by atomic mass is 79.9. The van der Waals surface area contributed by atoms with Crippen molar-refractivity contribution in [2.45, 2.75) is 13.5 Å². The Kier molecular flexibility index (Phi) is 3.95. The average molecular weight is 258 g/mol. The van der Waals surface area contributed by atoms with E-state index < -0.39 is 0 Å². The molecule has 0 fully saturated rings. The van der Waals surface area contributed by atoms with Crippen LogP contribution in [-0.2, 0) is 6.54 Å². The molecule has 0 heterocycles. The summed E-state index contributed by atoms with van der Waals surface area (Å²) in [4.78, 5) is 10.4. The lowest BCUT2D eigenvalue weighted by Crippen LogP contribution is -2.15. The maximum absolute atomic E-state index is 10.7. The van der Waals surface area contributed by atoms with Crippen LogP contribution in [0.15, 0.2) is 18.2 Å². The Morgan fingerprint density at radius 2 is 2.29 bits per heavy atom. The highest BCUT2D eigenvalue weighted by molar-refractivity contribution is 9.18. The molecule has 1 N–H and O–H groups in total. The number of halogens is 1. The van der Waals surface area contributed by atoms with E-state index in [0.29, 0.717) is 6.54 Å². The van der Waals surface area contributed by atoms with Gasteiger partial charge in [0.25, 0.3) is 4.82 Å². The van der Waals surface area contributed by atoms with E-state index >= 15 is 0 Å². The molecular formula is C10H12BrNO2. The Morgan fingerprint density at radius 3 is 2.86 bits per heavy atom. The van der Waals surface area contributed by atoms with Gasteiger partial charge in [-0.05, 0) is 13.0 Å². The van der Waals surface area contributed by atoms with Crippen LogP contribution in [0.2, 0.25) is 0 Å². The molecular weight excluding hydrogens is 246 g/mol. The molecule has 0 aromatic heterocycles. The third-order valence-electron chi connectivity index (χ3n) is 1.85. The molecule has 1 rings (SSSR count). The summed E-state index contributed by atoms with van der Waals surface area (Å²) < 4.78 is 5.17. The van der Waals surface area contributed by atoms with Gasteiger partial charge in [-0.2, -0.15) is 0 Å². The number of carbonyl (C=O) groups excluding carboxylic acids is 1. The Morgan fingerprint density at radius 1 is 1.57 bits per heavy atom. The predicted molar refractivity (Wildman–Crippen MR) is 58.9 cm³/mol. The Hall–Kier alpha value is -1.03. The number of rotatable bonds is 3. The van der Waals surface area contributed by atoms with Gasteiger partial charge in [0, 0.05) is 28.0 Å². The van der Waals surface area contributed by atoms with E-state index in [-0.39, 0.29) is 4.82 Å². The lowest BCUT2D eigenvalue weighted by atomic mass is 10.1. The number of benzene rings is 1. The molecule has 1 aromatic carbocycles. The number of carbonyl (C=O) groups is 1. The SMILES string of the molecule is COc1ccc(C)cc1CNC(=O)Br. The molecule has 0 saturated heterocycles. The number of amides is 1. The first kappa shape index (κ1) is 11.0. The molecule has 3 nitrogen and oxygen atoms in total. The third kappa shape index (κ3) is 3.03. The van der Waals surface area contributed by atoms with Crippen molar-refractivity contribution in [2.24, 2.45) is 0 Å². The second-order valence-electron chi connectivity index (χ2n) is 2.94. The lowest BCUT2D eigenvalue weighted by molar-refractivity contribution is 0.261. The van der Waals surface area contributed by atoms with E-state index in [1.807, 2.05) is 25.1 Å². The number of methoxy groups -OCH3 is 1. The first-order chi connectivity index (χ1) is 6.63. The van der Waals surface area contributed by atoms with Gasteiger partial charge in [0.15, 0.2) is 0 Å². The van der Waals surface area contributed by atoms with E-state index in [9.17, 15) is 4.79 Å². The Labute approximate surface area is 91.6 Å². The van der Waals surface area contributed by atoms with E-state index in [1.165, 1.54) is 0 Å². The number of hydrogen-bond acceptors (Lipinski definition) is 2. The van der Waals surface area contributed by atoms with Gasteiger partial charge in [0.1, 0.15) is 5.75 Å². The summed E-state index contributed by atoms with van der Waals surface area (Å²) in [6.45, 7) is 2.47. The van der Waals surface area contributed by atoms with Gasteiger partial charge in [0.05, 0.1) is 7.11 Å². The second kappa shape index (κ2) is 5.00. The van der Waals surface area contributed by atoms with Crippen LogP contribution < -0.4 is 10.1 Å². The molecule has 0 spiro atoms. The Balaban J connectivity index is 2.82. The highest BCUT2D eigenvalue weighted by Gasteiger charge is 2.03. The molecule has 0 unspecified atom stereocenters. The molecule has 14 heavy (non-hydrogen) atoms. The summed E-state index contributed by atoms with van der Waals surface area (Å²) >= 11 is 2.81. The minimum atomic E-state index is -0.221. The maximum atomic E-state index is 10.7. The topological polar surface area (TPSA) is 38.3 Å². The third-order valence-corrected chi connectivity index (χ3v) is 2.13. The summed E-state index contributed by atoms with van der Waals surface area (Å²) in [6.07, 6.45) is 0. The van der Waals surface area contributed by atoms with E-state index in [4.69, 9.17) is 4.74 Å². The quantitative estimate of drug-likeness (QED) is 0.668. The fraction of sp³-hybridized carbons (Fsp3) is 0.300. The van der Waals surface area contributed by atoms with E-state index in [2.05, 4.69) is 21.2 Å². The van der Waals surface area contributed by atoms with Crippen LogP contribution in [0, 0.1) is 6.92 Å². The molecule has 4 heteroatoms. The van der Waals surface area contributed by atoms with Crippen molar-refractivity contribution in [3.8, 4) is 5.75 Å². The fourth-order valence-electron chi connectivity index (χ4n) is 1.21. The van der Waals surface area contributed by atoms with E-state index in [0.717, 1.165) is 16.9 Å². The molecule has 0 aliphatic heterocycles. The molecule has 0 atom stereocenters. The van der Waals surface area contributed by atoms with Crippen LogP contribution in [0.4, 0.5) is 4.79 Å². The maximum Gasteiger partial charge on any atom is 0.287 e. The summed E-state index contributed by atoms with van der Waals surface area (Å²) in [5, 5.41) is 2.66. The smallest absolute Gasteiger partial charge is 0.287 e. The molecule has 0 saturated carbocycles. The minimum Gasteiger partial charge on any atom is -0.496 e. The fourth-order valence-corrected chi connectivity index (χ4v) is 1.35. The molecule has 0 bridgehead atoms. The van der Waals surface area contributed by atoms with Crippen LogP contribution >= 0.6 is 15.9 Å². The predicted octanol–water partition coefficient (Wildman–Crippen LogP) is 2.61. The molecule has 1 amide bonds. The van der Waals surface area contributed by atoms with Gasteiger partial charge in [-0.3, -0.25) is 4.79 Å². The van der Waals surface area contributed by atoms with Crippen molar-refractivity contribution in [2.75, 3.05) is 7.11 Å². The zero-order chi connectivity index (χ0) is 10.6. The highest BCUT2D eigenvalue weighted by Crippen LogP contribution is 2.19. The zero-order valence-electron chi connectivity index (χ0n) is 8.13. The van der Waals surface area contributed by atoms with Crippen LogP contribution in [0.1, 0.15) is 11.1 Å². The summed E-state index contributed by atoms with van der Waals surface area (Å²) in [6, 6.07) is 5.85. The van der Waals surface area contributed by atoms with Gasteiger partial charge in [-0.15, -0.1) is 0 Å². The molecule has 0 radical (unpaired) electrons. The van der Waals surface area contributed by atoms with Crippen LogP contribution in [0.3, 0.4) is 0 Å². The Bertz CT molecular complexity index is 339. The van der Waals surface area contributed by atoms with Crippen molar-refractivity contribution >= 4 is 20.7 Å². The number of ether oxygens (including phenoxy) is 1. The van der Waals surface area contributed by atoms with E-state index in [1.54, 1.807) is 7.11 Å². The van der Waals surface area contributed by atoms with Gasteiger partial charge in [0.2, 0.25) is 0 Å². The summed E-state index contributed by atoms with van der Waals surface area (Å²) in [7, 11) is 1.62. The van der Waals surface area contributed by atoms with Crippen LogP contribution in [0.25, 0.3) is 0 Å². The number of hydrogen-bond donors (Lipinski definition) is 1. The van der Waals surface area contributed by atoms with Gasteiger partial charge >= 0.3 is 0 Å². The summed E-state index contributed by atoms with van der Waals surface area (Å²) in [5.41, 5.74) is 2.12. The van der Waals surface area contributed by atoms with Crippen molar-refractivity contribution in [1.82, 2.24) is 5.32 Å². The molecule has 1 aromatic rings. The van der Waals surface area contributed by atoms with Gasteiger partial charge in [-0.25, -0.2) is 0 Å². The number of nitrogens with one attached hydrogen (secondary N) is 1. The van der Waals surface area contributed by atoms with Crippen molar-refractivity contribution in [3.63, 3.8) is 0 Å². The zero-order valence-corrected chi connectivity index (χ0v) is 9.72. The van der Waals surface area contributed by atoms with Crippen LogP contribution in [-0.4, -0.2) is 11.9 Å². The lowest BCUT2D eigenvalue weighted by Gasteiger charge is -2.09. The monoisotopic (exact) mass is 257 g/mol. The first-order valence-corrected chi connectivity index (χ1v) is 4.99. The normalized spacial score (nSPS) is 9.64. The standard InChI is InChI=1S/C10H12BrNO2/c1-7-3-4-9(14-2)8(5-7)6-12-10(11)13/h3-5H,6H2,1-2H3,(H,12,13). The largest absolute Gasteiger partial charge is 0.496 e. The first-order valence-electron chi connectivity index (χ1n) is 4.20. The van der Waals surface area contributed by atoms with Crippen LogP contribution in [0.5, 0.6) is 5.75 Å². The second-order valence-corrected chi connectivity index (χ2v) is 3.66. The minimum absolute atomic E-state index is 0.221. The van der Waals surface area contributed by atoms with Crippen molar-refractivity contribution in [3.05, 3.63) is 29.3 Å². The van der Waals surface area contributed by atoms with Gasteiger partial charge < -0.3 is 10.1 Å². The van der Waals surface area contributed by atoms with Gasteiger partial charge in [-0.1, -0.05) is 17.7 Å². The molecule has 0 aliphatic carbocycles.